The van der Waals surface area contributed by atoms with Gasteiger partial charge >= 0.3 is 0 Å². The lowest BCUT2D eigenvalue weighted by Gasteiger charge is -2.14. The van der Waals surface area contributed by atoms with E-state index in [1.54, 1.807) is 6.20 Å². The molecule has 21 heavy (non-hydrogen) atoms. The second kappa shape index (κ2) is 5.32. The summed E-state index contributed by atoms with van der Waals surface area (Å²) >= 11 is 0. The van der Waals surface area contributed by atoms with Crippen molar-refractivity contribution in [2.24, 2.45) is 0 Å². The highest BCUT2D eigenvalue weighted by Gasteiger charge is 2.08. The van der Waals surface area contributed by atoms with Gasteiger partial charge < -0.3 is 19.9 Å². The minimum atomic E-state index is 0.725. The first kappa shape index (κ1) is 13.2. The van der Waals surface area contributed by atoms with Crippen molar-refractivity contribution in [2.45, 2.75) is 0 Å². The molecule has 6 nitrogen and oxygen atoms in total. The second-order valence-electron chi connectivity index (χ2n) is 4.95. The summed E-state index contributed by atoms with van der Waals surface area (Å²) < 4.78 is 1.94. The predicted octanol–water partition coefficient (Wildman–Crippen LogP) is 2.58. The molecule has 0 fully saturated rings. The number of hydrogen-bond donors (Lipinski definition) is 2. The Bertz CT molecular complexity index is 762. The van der Waals surface area contributed by atoms with Crippen LogP contribution in [0.25, 0.3) is 5.65 Å². The van der Waals surface area contributed by atoms with Crippen LogP contribution in [-0.2, 0) is 0 Å². The van der Waals surface area contributed by atoms with E-state index < -0.39 is 0 Å². The van der Waals surface area contributed by atoms with Gasteiger partial charge in [-0.1, -0.05) is 6.07 Å². The molecule has 0 unspecified atom stereocenters. The molecule has 0 atom stereocenters. The van der Waals surface area contributed by atoms with Gasteiger partial charge in [0, 0.05) is 44.9 Å². The van der Waals surface area contributed by atoms with Gasteiger partial charge in [-0.25, -0.2) is 9.97 Å². The van der Waals surface area contributed by atoms with E-state index in [1.807, 2.05) is 50.1 Å². The number of hydrogen-bond acceptors (Lipinski definition) is 5. The quantitative estimate of drug-likeness (QED) is 0.770. The topological polar surface area (TPSA) is 57.5 Å². The fourth-order valence-corrected chi connectivity index (χ4v) is 2.13. The maximum Gasteiger partial charge on any atom is 0.180 e. The zero-order valence-corrected chi connectivity index (χ0v) is 12.3. The molecule has 2 N–H and O–H groups in total. The number of fused-ring (bicyclic) bond motifs is 1. The van der Waals surface area contributed by atoms with Crippen LogP contribution in [0.1, 0.15) is 0 Å². The highest BCUT2D eigenvalue weighted by atomic mass is 15.1. The van der Waals surface area contributed by atoms with E-state index in [2.05, 4.69) is 37.6 Å². The molecule has 0 spiro atoms. The fourth-order valence-electron chi connectivity index (χ4n) is 2.13. The first-order chi connectivity index (χ1) is 10.2. The Morgan fingerprint density at radius 2 is 2.10 bits per heavy atom. The number of anilines is 4. The fraction of sp³-hybridized carbons (Fsp3) is 0.200. The molecule has 108 valence electrons. The maximum absolute atomic E-state index is 4.54. The van der Waals surface area contributed by atoms with E-state index in [4.69, 9.17) is 0 Å². The van der Waals surface area contributed by atoms with Gasteiger partial charge in [0.1, 0.15) is 5.82 Å². The van der Waals surface area contributed by atoms with Gasteiger partial charge in [-0.3, -0.25) is 0 Å². The Balaban J connectivity index is 2.01. The average molecular weight is 282 g/mol. The number of nitrogens with one attached hydrogen (secondary N) is 2. The van der Waals surface area contributed by atoms with Crippen LogP contribution in [0, 0.1) is 0 Å². The summed E-state index contributed by atoms with van der Waals surface area (Å²) in [5.74, 6) is 1.51. The van der Waals surface area contributed by atoms with Crippen molar-refractivity contribution in [3.05, 3.63) is 42.9 Å². The zero-order chi connectivity index (χ0) is 14.8. The molecule has 3 rings (SSSR count). The van der Waals surface area contributed by atoms with E-state index in [0.717, 1.165) is 28.7 Å². The van der Waals surface area contributed by atoms with E-state index in [9.17, 15) is 0 Å². The number of imidazole rings is 1. The van der Waals surface area contributed by atoms with Gasteiger partial charge in [0.15, 0.2) is 11.5 Å². The molecule has 6 heteroatoms. The number of aromatic nitrogens is 3. The smallest absolute Gasteiger partial charge is 0.180 e. The van der Waals surface area contributed by atoms with E-state index >= 15 is 0 Å². The first-order valence-corrected chi connectivity index (χ1v) is 6.73. The minimum Gasteiger partial charge on any atom is -0.378 e. The maximum atomic E-state index is 4.54. The van der Waals surface area contributed by atoms with Crippen LogP contribution >= 0.6 is 0 Å². The molecule has 0 aliphatic carbocycles. The number of nitrogens with zero attached hydrogens (tertiary/aromatic N) is 4. The lowest BCUT2D eigenvalue weighted by molar-refractivity contribution is 1.12. The first-order valence-electron chi connectivity index (χ1n) is 6.73. The zero-order valence-electron chi connectivity index (χ0n) is 12.3. The molecule has 0 aliphatic rings. The van der Waals surface area contributed by atoms with Gasteiger partial charge in [0.25, 0.3) is 0 Å². The normalized spacial score (nSPS) is 10.6. The molecule has 2 heterocycles. The summed E-state index contributed by atoms with van der Waals surface area (Å²) in [4.78, 5) is 11.0. The Morgan fingerprint density at radius 1 is 1.24 bits per heavy atom. The van der Waals surface area contributed by atoms with Gasteiger partial charge in [0.2, 0.25) is 0 Å². The Labute approximate surface area is 123 Å². The lowest BCUT2D eigenvalue weighted by atomic mass is 10.2. The van der Waals surface area contributed by atoms with E-state index in [-0.39, 0.29) is 0 Å². The van der Waals surface area contributed by atoms with Crippen LogP contribution in [0.2, 0.25) is 0 Å². The molecule has 0 aliphatic heterocycles. The van der Waals surface area contributed by atoms with Crippen molar-refractivity contribution in [3.8, 4) is 0 Å². The highest BCUT2D eigenvalue weighted by molar-refractivity contribution is 5.73. The predicted molar refractivity (Wildman–Crippen MR) is 86.6 cm³/mol. The second-order valence-corrected chi connectivity index (χ2v) is 4.95. The van der Waals surface area contributed by atoms with Crippen molar-refractivity contribution < 1.29 is 0 Å². The van der Waals surface area contributed by atoms with Crippen molar-refractivity contribution in [3.63, 3.8) is 0 Å². The summed E-state index contributed by atoms with van der Waals surface area (Å²) in [5, 5.41) is 6.40. The molecular formula is C15H18N6. The van der Waals surface area contributed by atoms with Crippen molar-refractivity contribution >= 4 is 28.7 Å². The molecule has 1 aromatic carbocycles. The molecule has 2 aromatic heterocycles. The molecule has 0 saturated heterocycles. The molecule has 3 aromatic rings. The molecule has 0 radical (unpaired) electrons. The van der Waals surface area contributed by atoms with Crippen LogP contribution in [0.15, 0.2) is 42.9 Å². The monoisotopic (exact) mass is 282 g/mol. The van der Waals surface area contributed by atoms with Crippen molar-refractivity contribution in [1.29, 1.82) is 0 Å². The van der Waals surface area contributed by atoms with Crippen LogP contribution in [0.4, 0.5) is 23.0 Å². The summed E-state index contributed by atoms with van der Waals surface area (Å²) in [6.45, 7) is 0. The summed E-state index contributed by atoms with van der Waals surface area (Å²) in [6.07, 6.45) is 5.57. The summed E-state index contributed by atoms with van der Waals surface area (Å²) in [5.41, 5.74) is 2.90. The lowest BCUT2D eigenvalue weighted by Crippen LogP contribution is -2.09. The van der Waals surface area contributed by atoms with Crippen LogP contribution in [-0.4, -0.2) is 35.5 Å². The Hall–Kier alpha value is -2.76. The minimum absolute atomic E-state index is 0.725. The SMILES string of the molecule is CNc1cn2ccnc2c(Nc2cccc(N(C)C)c2)n1. The molecular weight excluding hydrogens is 264 g/mol. The third-order valence-electron chi connectivity index (χ3n) is 3.26. The standard InChI is InChI=1S/C15H18N6/c1-16-13-10-21-8-7-17-15(21)14(19-13)18-11-5-4-6-12(9-11)20(2)3/h4-10,16H,1-3H3,(H,18,19). The number of benzene rings is 1. The Morgan fingerprint density at radius 3 is 2.86 bits per heavy atom. The third kappa shape index (κ3) is 2.60. The summed E-state index contributed by atoms with van der Waals surface area (Å²) in [6, 6.07) is 8.17. The molecule has 0 bridgehead atoms. The molecule has 0 saturated carbocycles. The van der Waals surface area contributed by atoms with Gasteiger partial charge in [-0.2, -0.15) is 0 Å². The van der Waals surface area contributed by atoms with Gasteiger partial charge in [-0.05, 0) is 18.2 Å². The van der Waals surface area contributed by atoms with Gasteiger partial charge in [0.05, 0.1) is 6.20 Å². The summed E-state index contributed by atoms with van der Waals surface area (Å²) in [7, 11) is 5.89. The molecule has 0 amide bonds. The van der Waals surface area contributed by atoms with E-state index in [1.165, 1.54) is 0 Å². The van der Waals surface area contributed by atoms with Crippen molar-refractivity contribution in [2.75, 3.05) is 36.7 Å². The largest absolute Gasteiger partial charge is 0.378 e. The third-order valence-corrected chi connectivity index (χ3v) is 3.26. The van der Waals surface area contributed by atoms with Crippen LogP contribution in [0.3, 0.4) is 0 Å². The van der Waals surface area contributed by atoms with Crippen LogP contribution in [0.5, 0.6) is 0 Å². The van der Waals surface area contributed by atoms with Crippen LogP contribution < -0.4 is 15.5 Å². The van der Waals surface area contributed by atoms with E-state index in [0.29, 0.717) is 0 Å². The number of rotatable bonds is 4. The average Bonchev–Trinajstić information content (AvgIpc) is 2.96. The Kier molecular flexibility index (Phi) is 3.35. The highest BCUT2D eigenvalue weighted by Crippen LogP contribution is 2.23. The van der Waals surface area contributed by atoms with Crippen molar-refractivity contribution in [1.82, 2.24) is 14.4 Å². The van der Waals surface area contributed by atoms with Gasteiger partial charge in [-0.15, -0.1) is 0 Å².